The van der Waals surface area contributed by atoms with Gasteiger partial charge in [0.1, 0.15) is 17.0 Å². The molecular formula is C21H19ClN6O. The third kappa shape index (κ3) is 3.55. The van der Waals surface area contributed by atoms with Gasteiger partial charge in [-0.2, -0.15) is 10.4 Å². The third-order valence-electron chi connectivity index (χ3n) is 4.99. The van der Waals surface area contributed by atoms with Gasteiger partial charge in [-0.25, -0.2) is 9.67 Å². The van der Waals surface area contributed by atoms with Crippen molar-refractivity contribution in [3.05, 3.63) is 70.6 Å². The van der Waals surface area contributed by atoms with Gasteiger partial charge in [-0.1, -0.05) is 29.8 Å². The third-order valence-corrected chi connectivity index (χ3v) is 5.34. The predicted octanol–water partition coefficient (Wildman–Crippen LogP) is 3.06. The van der Waals surface area contributed by atoms with E-state index in [9.17, 15) is 10.1 Å². The van der Waals surface area contributed by atoms with E-state index in [4.69, 9.17) is 11.6 Å². The molecule has 7 nitrogen and oxygen atoms in total. The number of carbonyl (C=O) groups is 1. The summed E-state index contributed by atoms with van der Waals surface area (Å²) in [5, 5.41) is 14.1. The monoisotopic (exact) mass is 406 g/mol. The predicted molar refractivity (Wildman–Crippen MR) is 110 cm³/mol. The van der Waals surface area contributed by atoms with Crippen LogP contribution in [0.1, 0.15) is 21.6 Å². The smallest absolute Gasteiger partial charge is 0.259 e. The number of halogens is 1. The molecule has 2 aromatic heterocycles. The minimum atomic E-state index is -0.129. The summed E-state index contributed by atoms with van der Waals surface area (Å²) in [6.45, 7) is 4.03. The Morgan fingerprint density at radius 2 is 1.83 bits per heavy atom. The molecule has 1 aliphatic rings. The largest absolute Gasteiger partial charge is 0.352 e. The van der Waals surface area contributed by atoms with E-state index < -0.39 is 0 Å². The molecule has 1 fully saturated rings. The van der Waals surface area contributed by atoms with Crippen LogP contribution in [0.2, 0.25) is 5.15 Å². The number of carbonyl (C=O) groups excluding carboxylic acids is 1. The van der Waals surface area contributed by atoms with E-state index in [0.29, 0.717) is 54.0 Å². The average molecular weight is 407 g/mol. The molecule has 0 spiro atoms. The highest BCUT2D eigenvalue weighted by Crippen LogP contribution is 2.26. The van der Waals surface area contributed by atoms with Crippen molar-refractivity contribution < 1.29 is 4.79 Å². The first-order valence-corrected chi connectivity index (χ1v) is 9.68. The topological polar surface area (TPSA) is 78.1 Å². The van der Waals surface area contributed by atoms with Gasteiger partial charge in [0, 0.05) is 32.4 Å². The molecule has 0 saturated carbocycles. The Morgan fingerprint density at radius 1 is 1.10 bits per heavy atom. The SMILES string of the molecule is Cc1nn(-c2ccccc2)c(Cl)c1C(=O)N1CCN(c2ncccc2C#N)CC1. The fourth-order valence-electron chi connectivity index (χ4n) is 3.50. The van der Waals surface area contributed by atoms with Crippen LogP contribution in [0.3, 0.4) is 0 Å². The summed E-state index contributed by atoms with van der Waals surface area (Å²) >= 11 is 6.54. The molecule has 0 bridgehead atoms. The van der Waals surface area contributed by atoms with Gasteiger partial charge in [0.05, 0.1) is 22.5 Å². The number of hydrogen-bond acceptors (Lipinski definition) is 5. The molecule has 8 heteroatoms. The number of pyridine rings is 1. The summed E-state index contributed by atoms with van der Waals surface area (Å²) in [6.07, 6.45) is 1.68. The number of anilines is 1. The number of amides is 1. The lowest BCUT2D eigenvalue weighted by atomic mass is 10.2. The highest BCUT2D eigenvalue weighted by molar-refractivity contribution is 6.33. The Hall–Kier alpha value is -3.37. The van der Waals surface area contributed by atoms with Gasteiger partial charge in [-0.05, 0) is 31.2 Å². The zero-order chi connectivity index (χ0) is 20.4. The van der Waals surface area contributed by atoms with Crippen LogP contribution in [0.15, 0.2) is 48.7 Å². The van der Waals surface area contributed by atoms with E-state index in [-0.39, 0.29) is 5.91 Å². The first-order chi connectivity index (χ1) is 14.1. The van der Waals surface area contributed by atoms with Crippen LogP contribution in [0.4, 0.5) is 5.82 Å². The highest BCUT2D eigenvalue weighted by atomic mass is 35.5. The number of rotatable bonds is 3. The molecule has 0 aliphatic carbocycles. The Bertz CT molecular complexity index is 1080. The van der Waals surface area contributed by atoms with Crippen LogP contribution in [-0.2, 0) is 0 Å². The molecule has 3 heterocycles. The Kier molecular flexibility index (Phi) is 5.19. The molecule has 1 aliphatic heterocycles. The molecule has 0 atom stereocenters. The molecular weight excluding hydrogens is 388 g/mol. The molecule has 1 aromatic carbocycles. The maximum Gasteiger partial charge on any atom is 0.259 e. The molecule has 0 unspecified atom stereocenters. The van der Waals surface area contributed by atoms with E-state index in [1.54, 1.807) is 34.8 Å². The Balaban J connectivity index is 1.52. The summed E-state index contributed by atoms with van der Waals surface area (Å²) < 4.78 is 1.59. The summed E-state index contributed by atoms with van der Waals surface area (Å²) in [7, 11) is 0. The molecule has 1 saturated heterocycles. The second-order valence-corrected chi connectivity index (χ2v) is 7.12. The molecule has 3 aromatic rings. The second kappa shape index (κ2) is 7.94. The van der Waals surface area contributed by atoms with Crippen LogP contribution in [0.25, 0.3) is 5.69 Å². The molecule has 146 valence electrons. The van der Waals surface area contributed by atoms with E-state index >= 15 is 0 Å². The number of piperazine rings is 1. The van der Waals surface area contributed by atoms with Crippen LogP contribution in [0.5, 0.6) is 0 Å². The van der Waals surface area contributed by atoms with Gasteiger partial charge in [0.25, 0.3) is 5.91 Å². The number of aromatic nitrogens is 3. The zero-order valence-corrected chi connectivity index (χ0v) is 16.7. The lowest BCUT2D eigenvalue weighted by molar-refractivity contribution is 0.0746. The van der Waals surface area contributed by atoms with Crippen LogP contribution in [-0.4, -0.2) is 51.8 Å². The van der Waals surface area contributed by atoms with Crippen molar-refractivity contribution in [2.24, 2.45) is 0 Å². The number of nitrogens with zero attached hydrogens (tertiary/aromatic N) is 6. The van der Waals surface area contributed by atoms with Gasteiger partial charge in [-0.3, -0.25) is 4.79 Å². The summed E-state index contributed by atoms with van der Waals surface area (Å²) in [5.41, 5.74) is 2.38. The van der Waals surface area contributed by atoms with Crippen molar-refractivity contribution >= 4 is 23.3 Å². The number of nitriles is 1. The molecule has 0 radical (unpaired) electrons. The summed E-state index contributed by atoms with van der Waals surface area (Å²) in [4.78, 5) is 21.3. The Morgan fingerprint density at radius 3 is 2.52 bits per heavy atom. The maximum atomic E-state index is 13.2. The lowest BCUT2D eigenvalue weighted by Crippen LogP contribution is -2.49. The van der Waals surface area contributed by atoms with Crippen LogP contribution in [0, 0.1) is 18.3 Å². The fourth-order valence-corrected chi connectivity index (χ4v) is 3.85. The normalized spacial score (nSPS) is 14.0. The van der Waals surface area contributed by atoms with Crippen molar-refractivity contribution in [2.45, 2.75) is 6.92 Å². The summed E-state index contributed by atoms with van der Waals surface area (Å²) in [6, 6.07) is 15.2. The van der Waals surface area contributed by atoms with Gasteiger partial charge in [0.2, 0.25) is 0 Å². The highest BCUT2D eigenvalue weighted by Gasteiger charge is 2.29. The minimum absolute atomic E-state index is 0.129. The molecule has 29 heavy (non-hydrogen) atoms. The second-order valence-electron chi connectivity index (χ2n) is 6.76. The molecule has 1 amide bonds. The number of aryl methyl sites for hydroxylation is 1. The van der Waals surface area contributed by atoms with E-state index in [2.05, 4.69) is 16.2 Å². The number of para-hydroxylation sites is 1. The molecule has 4 rings (SSSR count). The molecule has 0 N–H and O–H groups in total. The fraction of sp³-hybridized carbons (Fsp3) is 0.238. The Labute approximate surface area is 173 Å². The summed E-state index contributed by atoms with van der Waals surface area (Å²) in [5.74, 6) is 0.532. The maximum absolute atomic E-state index is 13.2. The van der Waals surface area contributed by atoms with E-state index in [1.165, 1.54) is 0 Å². The van der Waals surface area contributed by atoms with E-state index in [0.717, 1.165) is 5.69 Å². The van der Waals surface area contributed by atoms with Gasteiger partial charge in [-0.15, -0.1) is 0 Å². The van der Waals surface area contributed by atoms with Gasteiger partial charge in [0.15, 0.2) is 0 Å². The quantitative estimate of drug-likeness (QED) is 0.668. The average Bonchev–Trinajstić information content (AvgIpc) is 3.08. The van der Waals surface area contributed by atoms with Crippen molar-refractivity contribution in [3.63, 3.8) is 0 Å². The van der Waals surface area contributed by atoms with E-state index in [1.807, 2.05) is 35.2 Å². The number of hydrogen-bond donors (Lipinski definition) is 0. The first kappa shape index (κ1) is 19.0. The van der Waals surface area contributed by atoms with Crippen molar-refractivity contribution in [1.82, 2.24) is 19.7 Å². The van der Waals surface area contributed by atoms with Crippen molar-refractivity contribution in [2.75, 3.05) is 31.1 Å². The van der Waals surface area contributed by atoms with Crippen LogP contribution < -0.4 is 4.90 Å². The minimum Gasteiger partial charge on any atom is -0.352 e. The van der Waals surface area contributed by atoms with Gasteiger partial charge >= 0.3 is 0 Å². The number of benzene rings is 1. The van der Waals surface area contributed by atoms with Gasteiger partial charge < -0.3 is 9.80 Å². The lowest BCUT2D eigenvalue weighted by Gasteiger charge is -2.35. The first-order valence-electron chi connectivity index (χ1n) is 9.30. The zero-order valence-electron chi connectivity index (χ0n) is 15.9. The van der Waals surface area contributed by atoms with Crippen LogP contribution >= 0.6 is 11.6 Å². The van der Waals surface area contributed by atoms with Crippen molar-refractivity contribution in [3.8, 4) is 11.8 Å². The standard InChI is InChI=1S/C21H19ClN6O/c1-15-18(19(22)28(25-15)17-7-3-2-4-8-17)21(29)27-12-10-26(11-13-27)20-16(14-23)6-5-9-24-20/h2-9H,10-13H2,1H3. The van der Waals surface area contributed by atoms with Crippen molar-refractivity contribution in [1.29, 1.82) is 5.26 Å².